The SMILES string of the molecule is CC(C)[C@H](NC(=O)[C@H](NC(=O)[C@H](CCC(N)=O)NC(=O)c1ccncc1)C(C)C)C(=O)N[C@@H](C)C(=O)N[C@@H](C)C(=O)Nc1ccc([N+](=O)[O-])cc1. The lowest BCUT2D eigenvalue weighted by atomic mass is 9.98. The van der Waals surface area contributed by atoms with Gasteiger partial charge in [0.25, 0.3) is 11.6 Å². The van der Waals surface area contributed by atoms with E-state index in [0.717, 1.165) is 0 Å². The van der Waals surface area contributed by atoms with E-state index >= 15 is 0 Å². The van der Waals surface area contributed by atoms with E-state index in [9.17, 15) is 43.7 Å². The minimum atomic E-state index is -1.23. The molecule has 18 nitrogen and oxygen atoms in total. The number of hydrogen-bond donors (Lipinski definition) is 7. The molecule has 51 heavy (non-hydrogen) atoms. The van der Waals surface area contributed by atoms with Crippen molar-refractivity contribution in [2.24, 2.45) is 17.6 Å². The van der Waals surface area contributed by atoms with Gasteiger partial charge in [0, 0.05) is 42.2 Å². The Bertz CT molecular complexity index is 1580. The quantitative estimate of drug-likeness (QED) is 0.0820. The van der Waals surface area contributed by atoms with Crippen LogP contribution in [0.25, 0.3) is 0 Å². The minimum Gasteiger partial charge on any atom is -0.370 e. The highest BCUT2D eigenvalue weighted by atomic mass is 16.6. The van der Waals surface area contributed by atoms with Crippen LogP contribution >= 0.6 is 0 Å². The van der Waals surface area contributed by atoms with Crippen LogP contribution in [0.15, 0.2) is 48.8 Å². The summed E-state index contributed by atoms with van der Waals surface area (Å²) in [6.07, 6.45) is 2.43. The number of pyridine rings is 1. The summed E-state index contributed by atoms with van der Waals surface area (Å²) in [5.74, 6) is -5.75. The third kappa shape index (κ3) is 13.1. The average Bonchev–Trinajstić information content (AvgIpc) is 3.07. The summed E-state index contributed by atoms with van der Waals surface area (Å²) in [5.41, 5.74) is 5.60. The Hall–Kier alpha value is -5.94. The zero-order valence-electron chi connectivity index (χ0n) is 29.2. The van der Waals surface area contributed by atoms with Crippen LogP contribution in [-0.2, 0) is 28.8 Å². The van der Waals surface area contributed by atoms with Crippen molar-refractivity contribution in [3.8, 4) is 0 Å². The van der Waals surface area contributed by atoms with E-state index in [1.165, 1.54) is 62.6 Å². The summed E-state index contributed by atoms with van der Waals surface area (Å²) in [7, 11) is 0. The van der Waals surface area contributed by atoms with Crippen molar-refractivity contribution in [2.45, 2.75) is 84.6 Å². The van der Waals surface area contributed by atoms with Gasteiger partial charge in [0.05, 0.1) is 4.92 Å². The predicted octanol–water partition coefficient (Wildman–Crippen LogP) is 0.283. The number of carbonyl (C=O) groups excluding carboxylic acids is 7. The molecule has 0 unspecified atom stereocenters. The molecule has 0 aliphatic rings. The number of nitrogens with one attached hydrogen (secondary N) is 6. The van der Waals surface area contributed by atoms with Crippen molar-refractivity contribution in [3.63, 3.8) is 0 Å². The molecule has 18 heteroatoms. The van der Waals surface area contributed by atoms with E-state index < -0.39 is 88.3 Å². The Kier molecular flexibility index (Phi) is 15.6. The monoisotopic (exact) mass is 711 g/mol. The van der Waals surface area contributed by atoms with Crippen molar-refractivity contribution >= 4 is 52.7 Å². The number of primary amides is 1. The highest BCUT2D eigenvalue weighted by Gasteiger charge is 2.33. The number of aromatic nitrogens is 1. The largest absolute Gasteiger partial charge is 0.370 e. The first kappa shape index (κ1) is 41.2. The normalized spacial score (nSPS) is 13.8. The van der Waals surface area contributed by atoms with Gasteiger partial charge in [-0.25, -0.2) is 0 Å². The molecule has 5 atom stereocenters. The Balaban J connectivity index is 2.05. The van der Waals surface area contributed by atoms with Crippen molar-refractivity contribution in [3.05, 3.63) is 64.5 Å². The fourth-order valence-electron chi connectivity index (χ4n) is 4.56. The molecule has 8 N–H and O–H groups in total. The van der Waals surface area contributed by atoms with Crippen molar-refractivity contribution in [1.29, 1.82) is 0 Å². The maximum Gasteiger partial charge on any atom is 0.269 e. The molecular formula is C33H45N9O9. The number of nitro benzene ring substituents is 1. The summed E-state index contributed by atoms with van der Waals surface area (Å²) >= 11 is 0. The van der Waals surface area contributed by atoms with Gasteiger partial charge >= 0.3 is 0 Å². The molecule has 7 amide bonds. The topological polar surface area (TPSA) is 274 Å². The van der Waals surface area contributed by atoms with Crippen molar-refractivity contribution in [1.82, 2.24) is 31.6 Å². The van der Waals surface area contributed by atoms with Crippen LogP contribution in [0.4, 0.5) is 11.4 Å². The summed E-state index contributed by atoms with van der Waals surface area (Å²) < 4.78 is 0. The summed E-state index contributed by atoms with van der Waals surface area (Å²) in [4.78, 5) is 104. The molecule has 276 valence electrons. The molecular weight excluding hydrogens is 666 g/mol. The lowest BCUT2D eigenvalue weighted by Crippen LogP contribution is -2.60. The molecule has 0 saturated heterocycles. The predicted molar refractivity (Wildman–Crippen MR) is 184 cm³/mol. The first-order chi connectivity index (χ1) is 23.9. The van der Waals surface area contributed by atoms with Crippen LogP contribution in [0.5, 0.6) is 0 Å². The van der Waals surface area contributed by atoms with Gasteiger partial charge < -0.3 is 37.6 Å². The van der Waals surface area contributed by atoms with E-state index in [4.69, 9.17) is 5.73 Å². The molecule has 1 heterocycles. The van der Waals surface area contributed by atoms with E-state index in [-0.39, 0.29) is 29.8 Å². The van der Waals surface area contributed by atoms with Crippen LogP contribution in [0.1, 0.15) is 64.7 Å². The van der Waals surface area contributed by atoms with Gasteiger partial charge in [-0.3, -0.25) is 48.7 Å². The van der Waals surface area contributed by atoms with E-state index in [1.807, 2.05) is 0 Å². The van der Waals surface area contributed by atoms with Crippen LogP contribution < -0.4 is 37.6 Å². The average molecular weight is 712 g/mol. The van der Waals surface area contributed by atoms with Gasteiger partial charge in [0.2, 0.25) is 35.4 Å². The third-order valence-electron chi connectivity index (χ3n) is 7.59. The molecule has 1 aromatic carbocycles. The van der Waals surface area contributed by atoms with Gasteiger partial charge in [0.1, 0.15) is 30.2 Å². The second-order valence-corrected chi connectivity index (χ2v) is 12.5. The molecule has 0 aliphatic heterocycles. The van der Waals surface area contributed by atoms with E-state index in [2.05, 4.69) is 36.9 Å². The standard InChI is InChI=1S/C33H45N9O9/c1-17(2)26(32(48)37-19(5)28(44)36-20(6)29(45)38-22-7-9-23(10-8-22)42(50)51)41-33(49)27(18(3)4)40-31(47)24(11-12-25(34)43)39-30(46)21-13-15-35-16-14-21/h7-10,13-20,24,26-27H,11-12H2,1-6H3,(H2,34,43)(H,36,44)(H,37,48)(H,38,45)(H,39,46)(H,40,47)(H,41,49)/t19-,20-,24-,26-,27+/m0/s1. The molecule has 0 radical (unpaired) electrons. The number of rotatable bonds is 18. The molecule has 0 spiro atoms. The Morgan fingerprint density at radius 1 is 0.686 bits per heavy atom. The van der Waals surface area contributed by atoms with Gasteiger partial charge in [-0.2, -0.15) is 0 Å². The number of hydrogen-bond acceptors (Lipinski definition) is 10. The fraction of sp³-hybridized carbons (Fsp3) is 0.455. The molecule has 2 rings (SSSR count). The van der Waals surface area contributed by atoms with Gasteiger partial charge in [-0.15, -0.1) is 0 Å². The van der Waals surface area contributed by atoms with Crippen LogP contribution in [0, 0.1) is 22.0 Å². The van der Waals surface area contributed by atoms with Crippen LogP contribution in [0.2, 0.25) is 0 Å². The van der Waals surface area contributed by atoms with Crippen molar-refractivity contribution < 1.29 is 38.5 Å². The lowest BCUT2D eigenvalue weighted by Gasteiger charge is -2.29. The lowest BCUT2D eigenvalue weighted by molar-refractivity contribution is -0.384. The highest BCUT2D eigenvalue weighted by molar-refractivity contribution is 6.00. The zero-order valence-corrected chi connectivity index (χ0v) is 29.2. The number of nitrogens with zero attached hydrogens (tertiary/aromatic N) is 2. The molecule has 1 aromatic heterocycles. The number of nitro groups is 1. The molecule has 0 fully saturated rings. The fourth-order valence-corrected chi connectivity index (χ4v) is 4.56. The smallest absolute Gasteiger partial charge is 0.269 e. The van der Waals surface area contributed by atoms with Crippen LogP contribution in [-0.4, -0.2) is 81.5 Å². The maximum atomic E-state index is 13.5. The van der Waals surface area contributed by atoms with E-state index in [0.29, 0.717) is 0 Å². The first-order valence-electron chi connectivity index (χ1n) is 16.2. The minimum absolute atomic E-state index is 0.140. The summed E-state index contributed by atoms with van der Waals surface area (Å²) in [5, 5.41) is 26.2. The summed E-state index contributed by atoms with van der Waals surface area (Å²) in [6, 6.07) is 2.25. The zero-order chi connectivity index (χ0) is 38.4. The maximum absolute atomic E-state index is 13.5. The summed E-state index contributed by atoms with van der Waals surface area (Å²) in [6.45, 7) is 9.45. The van der Waals surface area contributed by atoms with E-state index in [1.54, 1.807) is 27.7 Å². The Morgan fingerprint density at radius 2 is 1.18 bits per heavy atom. The Labute approximate surface area is 294 Å². The highest BCUT2D eigenvalue weighted by Crippen LogP contribution is 2.15. The Morgan fingerprint density at radius 3 is 1.69 bits per heavy atom. The van der Waals surface area contributed by atoms with Gasteiger partial charge in [0.15, 0.2) is 0 Å². The molecule has 0 saturated carbocycles. The van der Waals surface area contributed by atoms with Crippen molar-refractivity contribution in [2.75, 3.05) is 5.32 Å². The first-order valence-corrected chi connectivity index (χ1v) is 16.2. The number of amides is 7. The second-order valence-electron chi connectivity index (χ2n) is 12.5. The number of non-ortho nitro benzene ring substituents is 1. The van der Waals surface area contributed by atoms with Crippen LogP contribution in [0.3, 0.4) is 0 Å². The number of benzene rings is 1. The molecule has 0 aliphatic carbocycles. The number of nitrogens with two attached hydrogens (primary N) is 1. The molecule has 2 aromatic rings. The van der Waals surface area contributed by atoms with Gasteiger partial charge in [-0.1, -0.05) is 27.7 Å². The second kappa shape index (κ2) is 19.3. The number of carbonyl (C=O) groups is 7. The third-order valence-corrected chi connectivity index (χ3v) is 7.59. The number of anilines is 1. The van der Waals surface area contributed by atoms with Gasteiger partial charge in [-0.05, 0) is 56.4 Å². The molecule has 0 bridgehead atoms.